The lowest BCUT2D eigenvalue weighted by molar-refractivity contribution is 0.142. The van der Waals surface area contributed by atoms with E-state index in [-0.39, 0.29) is 6.04 Å². The van der Waals surface area contributed by atoms with Gasteiger partial charge in [-0.3, -0.25) is 4.90 Å². The number of ether oxygens (including phenoxy) is 1. The molecule has 0 aliphatic carbocycles. The minimum atomic E-state index is -0.0149. The lowest BCUT2D eigenvalue weighted by Crippen LogP contribution is -2.39. The van der Waals surface area contributed by atoms with Crippen molar-refractivity contribution in [1.29, 1.82) is 0 Å². The van der Waals surface area contributed by atoms with Gasteiger partial charge in [-0.2, -0.15) is 0 Å². The van der Waals surface area contributed by atoms with Crippen LogP contribution in [0.3, 0.4) is 0 Å². The highest BCUT2D eigenvalue weighted by Gasteiger charge is 2.13. The maximum absolute atomic E-state index is 6.22. The second kappa shape index (κ2) is 7.87. The van der Waals surface area contributed by atoms with E-state index >= 15 is 0 Å². The van der Waals surface area contributed by atoms with E-state index in [1.54, 1.807) is 0 Å². The Labute approximate surface area is 128 Å². The lowest BCUT2D eigenvalue weighted by atomic mass is 10.1. The second-order valence-corrected chi connectivity index (χ2v) is 6.16. The minimum absolute atomic E-state index is 0.0149. The molecule has 1 aromatic carbocycles. The van der Waals surface area contributed by atoms with Crippen molar-refractivity contribution in [3.63, 3.8) is 0 Å². The first-order valence-electron chi connectivity index (χ1n) is 7.26. The van der Waals surface area contributed by atoms with Crippen LogP contribution in [0.15, 0.2) is 18.2 Å². The molecule has 1 atom stereocenters. The predicted molar refractivity (Wildman–Crippen MR) is 86.5 cm³/mol. The van der Waals surface area contributed by atoms with Crippen LogP contribution < -0.4 is 10.5 Å². The molecule has 1 aromatic rings. The Kier molecular flexibility index (Phi) is 6.80. The Bertz CT molecular complexity index is 411. The van der Waals surface area contributed by atoms with E-state index in [9.17, 15) is 0 Å². The Balaban J connectivity index is 2.58. The largest absolute Gasteiger partial charge is 0.491 e. The summed E-state index contributed by atoms with van der Waals surface area (Å²) in [6.07, 6.45) is 0. The molecule has 2 N–H and O–H groups in total. The SMILES string of the molecule is CC(C)N(CCOc1ccc([C@@H](C)N)cc1Cl)C(C)C. The molecule has 4 heteroatoms. The average molecular weight is 299 g/mol. The van der Waals surface area contributed by atoms with Gasteiger partial charge in [-0.05, 0) is 52.3 Å². The van der Waals surface area contributed by atoms with Gasteiger partial charge in [0.2, 0.25) is 0 Å². The molecule has 0 heterocycles. The number of halogens is 1. The monoisotopic (exact) mass is 298 g/mol. The summed E-state index contributed by atoms with van der Waals surface area (Å²) in [6, 6.07) is 6.75. The summed E-state index contributed by atoms with van der Waals surface area (Å²) in [5.41, 5.74) is 6.85. The normalized spacial score (nSPS) is 13.3. The van der Waals surface area contributed by atoms with Crippen LogP contribution in [-0.4, -0.2) is 30.1 Å². The van der Waals surface area contributed by atoms with Gasteiger partial charge in [0.1, 0.15) is 12.4 Å². The third-order valence-corrected chi connectivity index (χ3v) is 3.71. The number of benzene rings is 1. The molecule has 0 aromatic heterocycles. The smallest absolute Gasteiger partial charge is 0.137 e. The third-order valence-electron chi connectivity index (χ3n) is 3.42. The van der Waals surface area contributed by atoms with Crippen molar-refractivity contribution in [2.75, 3.05) is 13.2 Å². The van der Waals surface area contributed by atoms with Gasteiger partial charge >= 0.3 is 0 Å². The molecular formula is C16H27ClN2O. The number of nitrogens with zero attached hydrogens (tertiary/aromatic N) is 1. The van der Waals surface area contributed by atoms with Gasteiger partial charge in [0.05, 0.1) is 5.02 Å². The van der Waals surface area contributed by atoms with E-state index < -0.39 is 0 Å². The Morgan fingerprint density at radius 2 is 1.75 bits per heavy atom. The highest BCUT2D eigenvalue weighted by molar-refractivity contribution is 6.32. The first-order chi connectivity index (χ1) is 9.32. The molecule has 0 spiro atoms. The van der Waals surface area contributed by atoms with E-state index in [2.05, 4.69) is 32.6 Å². The van der Waals surface area contributed by atoms with Crippen molar-refractivity contribution in [3.8, 4) is 5.75 Å². The molecule has 20 heavy (non-hydrogen) atoms. The van der Waals surface area contributed by atoms with Crippen molar-refractivity contribution >= 4 is 11.6 Å². The van der Waals surface area contributed by atoms with Crippen LogP contribution in [0.1, 0.15) is 46.2 Å². The molecule has 0 aliphatic heterocycles. The van der Waals surface area contributed by atoms with Crippen LogP contribution in [0.5, 0.6) is 5.75 Å². The molecule has 0 aliphatic rings. The lowest BCUT2D eigenvalue weighted by Gasteiger charge is -2.30. The molecule has 0 unspecified atom stereocenters. The maximum atomic E-state index is 6.22. The summed E-state index contributed by atoms with van der Waals surface area (Å²) in [6.45, 7) is 12.3. The van der Waals surface area contributed by atoms with Gasteiger partial charge in [-0.15, -0.1) is 0 Å². The average Bonchev–Trinajstić information content (AvgIpc) is 2.34. The summed E-state index contributed by atoms with van der Waals surface area (Å²) in [5.74, 6) is 0.725. The fraction of sp³-hybridized carbons (Fsp3) is 0.625. The zero-order valence-corrected chi connectivity index (χ0v) is 13.9. The van der Waals surface area contributed by atoms with Gasteiger partial charge in [0.15, 0.2) is 0 Å². The third kappa shape index (κ3) is 4.97. The summed E-state index contributed by atoms with van der Waals surface area (Å²) < 4.78 is 5.79. The van der Waals surface area contributed by atoms with E-state index in [1.165, 1.54) is 0 Å². The number of rotatable bonds is 7. The highest BCUT2D eigenvalue weighted by atomic mass is 35.5. The van der Waals surface area contributed by atoms with Crippen LogP contribution in [-0.2, 0) is 0 Å². The Hall–Kier alpha value is -0.770. The quantitative estimate of drug-likeness (QED) is 0.831. The summed E-state index contributed by atoms with van der Waals surface area (Å²) >= 11 is 6.22. The van der Waals surface area contributed by atoms with E-state index in [0.29, 0.717) is 23.7 Å². The summed E-state index contributed by atoms with van der Waals surface area (Å²) in [4.78, 5) is 2.39. The molecule has 0 saturated carbocycles. The Morgan fingerprint density at radius 3 is 2.20 bits per heavy atom. The first kappa shape index (κ1) is 17.3. The van der Waals surface area contributed by atoms with Crippen LogP contribution >= 0.6 is 11.6 Å². The van der Waals surface area contributed by atoms with Crippen LogP contribution in [0, 0.1) is 0 Å². The Morgan fingerprint density at radius 1 is 1.15 bits per heavy atom. The van der Waals surface area contributed by atoms with Crippen molar-refractivity contribution in [2.24, 2.45) is 5.73 Å². The molecule has 0 saturated heterocycles. The van der Waals surface area contributed by atoms with Gasteiger partial charge in [0.25, 0.3) is 0 Å². The topological polar surface area (TPSA) is 38.5 Å². The molecule has 3 nitrogen and oxygen atoms in total. The zero-order valence-electron chi connectivity index (χ0n) is 13.2. The minimum Gasteiger partial charge on any atom is -0.491 e. The number of nitrogens with two attached hydrogens (primary N) is 1. The van der Waals surface area contributed by atoms with Crippen LogP contribution in [0.2, 0.25) is 5.02 Å². The molecule has 114 valence electrons. The predicted octanol–water partition coefficient (Wildman–Crippen LogP) is 3.86. The van der Waals surface area contributed by atoms with Gasteiger partial charge < -0.3 is 10.5 Å². The van der Waals surface area contributed by atoms with E-state index in [1.807, 2.05) is 25.1 Å². The summed E-state index contributed by atoms with van der Waals surface area (Å²) in [7, 11) is 0. The zero-order chi connectivity index (χ0) is 15.3. The molecule has 0 radical (unpaired) electrons. The van der Waals surface area contributed by atoms with Crippen molar-refractivity contribution in [2.45, 2.75) is 52.7 Å². The maximum Gasteiger partial charge on any atom is 0.137 e. The number of hydrogen-bond acceptors (Lipinski definition) is 3. The van der Waals surface area contributed by atoms with Crippen molar-refractivity contribution in [1.82, 2.24) is 4.90 Å². The highest BCUT2D eigenvalue weighted by Crippen LogP contribution is 2.27. The summed E-state index contributed by atoms with van der Waals surface area (Å²) in [5, 5.41) is 0.625. The van der Waals surface area contributed by atoms with Crippen molar-refractivity contribution in [3.05, 3.63) is 28.8 Å². The molecule has 0 fully saturated rings. The van der Waals surface area contributed by atoms with E-state index in [4.69, 9.17) is 22.1 Å². The molecule has 0 amide bonds. The molecular weight excluding hydrogens is 272 g/mol. The van der Waals surface area contributed by atoms with Crippen molar-refractivity contribution < 1.29 is 4.74 Å². The van der Waals surface area contributed by atoms with Gasteiger partial charge in [-0.25, -0.2) is 0 Å². The standard InChI is InChI=1S/C16H27ClN2O/c1-11(2)19(12(3)4)8-9-20-16-7-6-14(13(5)18)10-15(16)17/h6-7,10-13H,8-9,18H2,1-5H3/t13-/m1/s1. The fourth-order valence-corrected chi connectivity index (χ4v) is 2.53. The molecule has 0 bridgehead atoms. The first-order valence-corrected chi connectivity index (χ1v) is 7.64. The van der Waals surface area contributed by atoms with Crippen LogP contribution in [0.25, 0.3) is 0 Å². The van der Waals surface area contributed by atoms with Gasteiger partial charge in [-0.1, -0.05) is 17.7 Å². The second-order valence-electron chi connectivity index (χ2n) is 5.75. The van der Waals surface area contributed by atoms with Gasteiger partial charge in [0, 0.05) is 24.7 Å². The van der Waals surface area contributed by atoms with Crippen LogP contribution in [0.4, 0.5) is 0 Å². The number of hydrogen-bond donors (Lipinski definition) is 1. The fourth-order valence-electron chi connectivity index (χ4n) is 2.29. The van der Waals surface area contributed by atoms with E-state index in [0.717, 1.165) is 17.9 Å². The molecule has 1 rings (SSSR count).